The van der Waals surface area contributed by atoms with Crippen molar-refractivity contribution in [3.05, 3.63) is 31.2 Å². The lowest BCUT2D eigenvalue weighted by atomic mass is 10.3. The molecule has 61 valence electrons. The van der Waals surface area contributed by atoms with Gasteiger partial charge in [0, 0.05) is 0 Å². The van der Waals surface area contributed by atoms with Crippen LogP contribution in [0.3, 0.4) is 0 Å². The van der Waals surface area contributed by atoms with Gasteiger partial charge in [-0.2, -0.15) is 0 Å². The summed E-state index contributed by atoms with van der Waals surface area (Å²) in [6.45, 7) is 5.88. The van der Waals surface area contributed by atoms with Gasteiger partial charge in [0.25, 0.3) is 0 Å². The third kappa shape index (κ3) is 0.978. The van der Waals surface area contributed by atoms with Gasteiger partial charge in [0.05, 0.1) is 11.6 Å². The molecule has 2 aromatic rings. The van der Waals surface area contributed by atoms with Crippen LogP contribution < -0.4 is 0 Å². The molecule has 1 heterocycles. The Labute approximate surface area is 71.0 Å². The van der Waals surface area contributed by atoms with Gasteiger partial charge in [-0.25, -0.2) is 4.68 Å². The molecule has 0 aliphatic heterocycles. The Balaban J connectivity index is 2.70. The SMILES string of the molecule is [CH2]C(C)n1nnc2ccccc21. The van der Waals surface area contributed by atoms with Crippen LogP contribution in [-0.2, 0) is 0 Å². The average molecular weight is 160 g/mol. The number of para-hydroxylation sites is 1. The fraction of sp³-hybridized carbons (Fsp3) is 0.222. The summed E-state index contributed by atoms with van der Waals surface area (Å²) in [5.74, 6) is 0. The standard InChI is InChI=1S/C9H10N3/c1-7(2)12-9-6-4-3-5-8(9)10-11-12/h3-7H,1H2,2H3. The highest BCUT2D eigenvalue weighted by atomic mass is 15.4. The van der Waals surface area contributed by atoms with Crippen molar-refractivity contribution in [2.24, 2.45) is 0 Å². The van der Waals surface area contributed by atoms with E-state index in [0.29, 0.717) is 0 Å². The van der Waals surface area contributed by atoms with E-state index >= 15 is 0 Å². The molecule has 0 fully saturated rings. The molecule has 1 aromatic carbocycles. The molecular weight excluding hydrogens is 150 g/mol. The van der Waals surface area contributed by atoms with Crippen LogP contribution in [0.25, 0.3) is 11.0 Å². The molecule has 0 aliphatic rings. The number of hydrogen-bond acceptors (Lipinski definition) is 2. The summed E-state index contributed by atoms with van der Waals surface area (Å²) in [5, 5.41) is 8.01. The maximum Gasteiger partial charge on any atom is 0.113 e. The second-order valence-electron chi connectivity index (χ2n) is 2.87. The highest BCUT2D eigenvalue weighted by Gasteiger charge is 2.04. The van der Waals surface area contributed by atoms with Crippen LogP contribution in [0, 0.1) is 6.92 Å². The van der Waals surface area contributed by atoms with Gasteiger partial charge in [0.2, 0.25) is 0 Å². The van der Waals surface area contributed by atoms with Crippen molar-refractivity contribution in [1.29, 1.82) is 0 Å². The van der Waals surface area contributed by atoms with E-state index in [4.69, 9.17) is 0 Å². The van der Waals surface area contributed by atoms with E-state index in [1.165, 1.54) is 0 Å². The third-order valence-corrected chi connectivity index (χ3v) is 1.79. The molecule has 0 saturated heterocycles. The normalized spacial score (nSPS) is 11.2. The molecule has 1 radical (unpaired) electrons. The van der Waals surface area contributed by atoms with Gasteiger partial charge < -0.3 is 0 Å². The first kappa shape index (κ1) is 7.28. The van der Waals surface area contributed by atoms with E-state index in [9.17, 15) is 0 Å². The number of rotatable bonds is 1. The van der Waals surface area contributed by atoms with Crippen molar-refractivity contribution in [1.82, 2.24) is 15.0 Å². The van der Waals surface area contributed by atoms with E-state index < -0.39 is 0 Å². The van der Waals surface area contributed by atoms with E-state index in [2.05, 4.69) is 17.2 Å². The summed E-state index contributed by atoms with van der Waals surface area (Å²) in [7, 11) is 0. The maximum atomic E-state index is 4.01. The average Bonchev–Trinajstić information content (AvgIpc) is 2.47. The quantitative estimate of drug-likeness (QED) is 0.637. The summed E-state index contributed by atoms with van der Waals surface area (Å²) in [4.78, 5) is 0. The van der Waals surface area contributed by atoms with Crippen LogP contribution in [0.4, 0.5) is 0 Å². The second kappa shape index (κ2) is 2.59. The molecule has 1 unspecified atom stereocenters. The Morgan fingerprint density at radius 1 is 1.42 bits per heavy atom. The number of hydrogen-bond donors (Lipinski definition) is 0. The lowest BCUT2D eigenvalue weighted by molar-refractivity contribution is 0.572. The van der Waals surface area contributed by atoms with Crippen molar-refractivity contribution in [3.63, 3.8) is 0 Å². The van der Waals surface area contributed by atoms with Gasteiger partial charge in [0.1, 0.15) is 5.52 Å². The fourth-order valence-electron chi connectivity index (χ4n) is 1.21. The lowest BCUT2D eigenvalue weighted by Crippen LogP contribution is -2.02. The first-order valence-electron chi connectivity index (χ1n) is 3.92. The summed E-state index contributed by atoms with van der Waals surface area (Å²) < 4.78 is 1.81. The number of nitrogens with zero attached hydrogens (tertiary/aromatic N) is 3. The zero-order valence-electron chi connectivity index (χ0n) is 6.94. The van der Waals surface area contributed by atoms with Crippen LogP contribution in [0.2, 0.25) is 0 Å². The number of benzene rings is 1. The second-order valence-corrected chi connectivity index (χ2v) is 2.87. The predicted octanol–water partition coefficient (Wildman–Crippen LogP) is 1.83. The highest BCUT2D eigenvalue weighted by molar-refractivity contribution is 5.73. The molecule has 2 rings (SSSR count). The molecule has 3 heteroatoms. The highest BCUT2D eigenvalue weighted by Crippen LogP contribution is 2.13. The predicted molar refractivity (Wildman–Crippen MR) is 47.6 cm³/mol. The van der Waals surface area contributed by atoms with Crippen LogP contribution in [0.1, 0.15) is 13.0 Å². The summed E-state index contributed by atoms with van der Waals surface area (Å²) in [6, 6.07) is 8.00. The minimum Gasteiger partial charge on any atom is -0.242 e. The van der Waals surface area contributed by atoms with Gasteiger partial charge in [-0.1, -0.05) is 17.3 Å². The molecule has 1 aromatic heterocycles. The Kier molecular flexibility index (Phi) is 1.57. The molecule has 3 nitrogen and oxygen atoms in total. The Bertz CT molecular complexity index is 389. The van der Waals surface area contributed by atoms with E-state index in [-0.39, 0.29) is 6.04 Å². The summed E-state index contributed by atoms with van der Waals surface area (Å²) >= 11 is 0. The first-order valence-corrected chi connectivity index (χ1v) is 3.92. The van der Waals surface area contributed by atoms with Crippen molar-refractivity contribution in [2.75, 3.05) is 0 Å². The minimum atomic E-state index is 0.123. The third-order valence-electron chi connectivity index (χ3n) is 1.79. The molecular formula is C9H10N3. The van der Waals surface area contributed by atoms with Crippen molar-refractivity contribution in [3.8, 4) is 0 Å². The zero-order valence-corrected chi connectivity index (χ0v) is 6.94. The monoisotopic (exact) mass is 160 g/mol. The fourth-order valence-corrected chi connectivity index (χ4v) is 1.21. The molecule has 0 bridgehead atoms. The van der Waals surface area contributed by atoms with Gasteiger partial charge >= 0.3 is 0 Å². The van der Waals surface area contributed by atoms with E-state index in [0.717, 1.165) is 11.0 Å². The number of aromatic nitrogens is 3. The van der Waals surface area contributed by atoms with Crippen molar-refractivity contribution in [2.45, 2.75) is 13.0 Å². The van der Waals surface area contributed by atoms with Gasteiger partial charge in [-0.15, -0.1) is 5.10 Å². The van der Waals surface area contributed by atoms with E-state index in [1.807, 2.05) is 35.9 Å². The van der Waals surface area contributed by atoms with Crippen molar-refractivity contribution < 1.29 is 0 Å². The first-order chi connectivity index (χ1) is 5.79. The maximum absolute atomic E-state index is 4.01. The van der Waals surface area contributed by atoms with Gasteiger partial charge in [-0.05, 0) is 26.0 Å². The molecule has 0 N–H and O–H groups in total. The summed E-state index contributed by atoms with van der Waals surface area (Å²) in [6.07, 6.45) is 0. The Morgan fingerprint density at radius 3 is 2.92 bits per heavy atom. The Morgan fingerprint density at radius 2 is 2.17 bits per heavy atom. The topological polar surface area (TPSA) is 30.7 Å². The summed E-state index contributed by atoms with van der Waals surface area (Å²) in [5.41, 5.74) is 1.97. The van der Waals surface area contributed by atoms with Crippen LogP contribution >= 0.6 is 0 Å². The molecule has 0 amide bonds. The minimum absolute atomic E-state index is 0.123. The van der Waals surface area contributed by atoms with Crippen LogP contribution in [0.5, 0.6) is 0 Å². The van der Waals surface area contributed by atoms with Crippen molar-refractivity contribution >= 4 is 11.0 Å². The van der Waals surface area contributed by atoms with Crippen LogP contribution in [-0.4, -0.2) is 15.0 Å². The largest absolute Gasteiger partial charge is 0.242 e. The van der Waals surface area contributed by atoms with Gasteiger partial charge in [0.15, 0.2) is 0 Å². The molecule has 1 atom stereocenters. The zero-order chi connectivity index (χ0) is 8.55. The Hall–Kier alpha value is -1.38. The molecule has 12 heavy (non-hydrogen) atoms. The van der Waals surface area contributed by atoms with Gasteiger partial charge in [-0.3, -0.25) is 0 Å². The number of fused-ring (bicyclic) bond motifs is 1. The molecule has 0 spiro atoms. The molecule has 0 saturated carbocycles. The smallest absolute Gasteiger partial charge is 0.113 e. The lowest BCUT2D eigenvalue weighted by Gasteiger charge is -2.03. The molecule has 0 aliphatic carbocycles. The van der Waals surface area contributed by atoms with Crippen LogP contribution in [0.15, 0.2) is 24.3 Å². The van der Waals surface area contributed by atoms with E-state index in [1.54, 1.807) is 0 Å².